The lowest BCUT2D eigenvalue weighted by molar-refractivity contribution is -0.137. The summed E-state index contributed by atoms with van der Waals surface area (Å²) in [6.45, 7) is 1.43. The Morgan fingerprint density at radius 3 is 2.40 bits per heavy atom. The summed E-state index contributed by atoms with van der Waals surface area (Å²) in [5.74, 6) is -1.24. The molecule has 0 atom stereocenters. The first-order chi connectivity index (χ1) is 11.8. The van der Waals surface area contributed by atoms with Gasteiger partial charge < -0.3 is 10.2 Å². The maximum Gasteiger partial charge on any atom is 0.416 e. The summed E-state index contributed by atoms with van der Waals surface area (Å²) in [6, 6.07) is 8.31. The zero-order chi connectivity index (χ0) is 18.0. The van der Waals surface area contributed by atoms with E-state index < -0.39 is 23.5 Å². The van der Waals surface area contributed by atoms with Crippen molar-refractivity contribution >= 4 is 17.3 Å². The summed E-state index contributed by atoms with van der Waals surface area (Å²) in [6.07, 6.45) is -2.63. The number of hydrogen-bond donors (Lipinski definition) is 1. The molecule has 0 spiro atoms. The normalized spacial score (nSPS) is 14.6. The van der Waals surface area contributed by atoms with E-state index in [-0.39, 0.29) is 11.3 Å². The van der Waals surface area contributed by atoms with Crippen LogP contribution < -0.4 is 10.2 Å². The molecular formula is C18H16F4N2O. The molecule has 7 heteroatoms. The van der Waals surface area contributed by atoms with E-state index in [1.54, 1.807) is 0 Å². The lowest BCUT2D eigenvalue weighted by atomic mass is 10.1. The van der Waals surface area contributed by atoms with Crippen LogP contribution in [0, 0.1) is 5.82 Å². The Bertz CT molecular complexity index is 783. The van der Waals surface area contributed by atoms with Gasteiger partial charge in [-0.2, -0.15) is 13.2 Å². The van der Waals surface area contributed by atoms with Crippen LogP contribution in [0.1, 0.15) is 28.8 Å². The van der Waals surface area contributed by atoms with Gasteiger partial charge >= 0.3 is 6.18 Å². The largest absolute Gasteiger partial charge is 0.416 e. The number of hydrogen-bond acceptors (Lipinski definition) is 2. The van der Waals surface area contributed by atoms with Crippen LogP contribution in [0.5, 0.6) is 0 Å². The van der Waals surface area contributed by atoms with Crippen molar-refractivity contribution in [1.29, 1.82) is 0 Å². The van der Waals surface area contributed by atoms with Gasteiger partial charge in [-0.05, 0) is 49.2 Å². The van der Waals surface area contributed by atoms with Crippen LogP contribution >= 0.6 is 0 Å². The van der Waals surface area contributed by atoms with Crippen LogP contribution in [-0.4, -0.2) is 19.0 Å². The molecule has 1 amide bonds. The molecule has 1 N–H and O–H groups in total. The molecule has 1 aliphatic rings. The molecule has 0 unspecified atom stereocenters. The number of halogens is 4. The number of carbonyl (C=O) groups excluding carboxylic acids is 1. The molecule has 3 rings (SSSR count). The number of anilines is 2. The zero-order valence-corrected chi connectivity index (χ0v) is 13.2. The Balaban J connectivity index is 1.95. The fraction of sp³-hybridized carbons (Fsp3) is 0.278. The number of nitrogens with zero attached hydrogens (tertiary/aromatic N) is 1. The lowest BCUT2D eigenvalue weighted by Crippen LogP contribution is -2.22. The minimum absolute atomic E-state index is 0.0461. The third kappa shape index (κ3) is 3.92. The number of amides is 1. The van der Waals surface area contributed by atoms with Crippen LogP contribution in [-0.2, 0) is 6.18 Å². The number of benzene rings is 2. The van der Waals surface area contributed by atoms with E-state index in [9.17, 15) is 22.4 Å². The number of rotatable bonds is 3. The molecule has 1 heterocycles. The highest BCUT2D eigenvalue weighted by molar-refractivity contribution is 6.06. The second-order valence-corrected chi connectivity index (χ2v) is 5.89. The number of alkyl halides is 3. The van der Waals surface area contributed by atoms with Crippen molar-refractivity contribution in [3.8, 4) is 0 Å². The molecule has 0 radical (unpaired) electrons. The standard InChI is InChI=1S/C18H16F4N2O/c19-14-5-3-4-12(10-14)17(25)23-15-11-13(18(20,21)22)6-7-16(15)24-8-1-2-9-24/h3-7,10-11H,1-2,8-9H2,(H,23,25). The minimum atomic E-state index is -4.51. The van der Waals surface area contributed by atoms with Crippen LogP contribution in [0.2, 0.25) is 0 Å². The predicted octanol–water partition coefficient (Wildman–Crippen LogP) is 4.70. The summed E-state index contributed by atoms with van der Waals surface area (Å²) in [7, 11) is 0. The molecule has 1 saturated heterocycles. The van der Waals surface area contributed by atoms with Gasteiger partial charge in [0.2, 0.25) is 0 Å². The average molecular weight is 352 g/mol. The fourth-order valence-corrected chi connectivity index (χ4v) is 2.87. The summed E-state index contributed by atoms with van der Waals surface area (Å²) >= 11 is 0. The Morgan fingerprint density at radius 2 is 1.76 bits per heavy atom. The summed E-state index contributed by atoms with van der Waals surface area (Å²) < 4.78 is 52.3. The Kier molecular flexibility index (Phi) is 4.65. The molecule has 1 aliphatic heterocycles. The van der Waals surface area contributed by atoms with E-state index in [0.29, 0.717) is 18.8 Å². The van der Waals surface area contributed by atoms with E-state index in [2.05, 4.69) is 5.32 Å². The first-order valence-electron chi connectivity index (χ1n) is 7.88. The quantitative estimate of drug-likeness (QED) is 0.813. The molecule has 0 bridgehead atoms. The first kappa shape index (κ1) is 17.3. The molecule has 0 aromatic heterocycles. The van der Waals surface area contributed by atoms with Gasteiger partial charge in [0.15, 0.2) is 0 Å². The van der Waals surface area contributed by atoms with Gasteiger partial charge in [-0.15, -0.1) is 0 Å². The fourth-order valence-electron chi connectivity index (χ4n) is 2.87. The summed E-state index contributed by atoms with van der Waals surface area (Å²) in [4.78, 5) is 14.2. The number of carbonyl (C=O) groups is 1. The van der Waals surface area contributed by atoms with E-state index in [1.807, 2.05) is 4.90 Å². The third-order valence-corrected chi connectivity index (χ3v) is 4.11. The van der Waals surface area contributed by atoms with Gasteiger partial charge in [-0.25, -0.2) is 4.39 Å². The lowest BCUT2D eigenvalue weighted by Gasteiger charge is -2.23. The second kappa shape index (κ2) is 6.74. The van der Waals surface area contributed by atoms with E-state index in [4.69, 9.17) is 0 Å². The topological polar surface area (TPSA) is 32.3 Å². The van der Waals surface area contributed by atoms with Gasteiger partial charge in [0.25, 0.3) is 5.91 Å². The summed E-state index contributed by atoms with van der Waals surface area (Å²) in [5, 5.41) is 2.50. The van der Waals surface area contributed by atoms with Crippen molar-refractivity contribution in [2.45, 2.75) is 19.0 Å². The van der Waals surface area contributed by atoms with Crippen molar-refractivity contribution in [1.82, 2.24) is 0 Å². The highest BCUT2D eigenvalue weighted by atomic mass is 19.4. The molecule has 0 aliphatic carbocycles. The highest BCUT2D eigenvalue weighted by Gasteiger charge is 2.32. The molecule has 25 heavy (non-hydrogen) atoms. The van der Waals surface area contributed by atoms with Crippen molar-refractivity contribution in [2.75, 3.05) is 23.3 Å². The second-order valence-electron chi connectivity index (χ2n) is 5.89. The van der Waals surface area contributed by atoms with Crippen LogP contribution in [0.15, 0.2) is 42.5 Å². The predicted molar refractivity (Wildman–Crippen MR) is 87.2 cm³/mol. The third-order valence-electron chi connectivity index (χ3n) is 4.11. The Labute approximate surface area is 142 Å². The highest BCUT2D eigenvalue weighted by Crippen LogP contribution is 2.36. The minimum Gasteiger partial charge on any atom is -0.370 e. The summed E-state index contributed by atoms with van der Waals surface area (Å²) in [5.41, 5.74) is -0.184. The van der Waals surface area contributed by atoms with Crippen molar-refractivity contribution < 1.29 is 22.4 Å². The van der Waals surface area contributed by atoms with Gasteiger partial charge in [0.05, 0.1) is 16.9 Å². The van der Waals surface area contributed by atoms with Crippen LogP contribution in [0.3, 0.4) is 0 Å². The molecule has 132 valence electrons. The monoisotopic (exact) mass is 352 g/mol. The maximum atomic E-state index is 13.3. The molecule has 1 fully saturated rings. The van der Waals surface area contributed by atoms with Gasteiger partial charge in [0, 0.05) is 18.7 Å². The SMILES string of the molecule is O=C(Nc1cc(C(F)(F)F)ccc1N1CCCC1)c1cccc(F)c1. The zero-order valence-electron chi connectivity index (χ0n) is 13.2. The number of nitrogens with one attached hydrogen (secondary N) is 1. The van der Waals surface area contributed by atoms with Gasteiger partial charge in [-0.1, -0.05) is 6.07 Å². The van der Waals surface area contributed by atoms with E-state index >= 15 is 0 Å². The smallest absolute Gasteiger partial charge is 0.370 e. The van der Waals surface area contributed by atoms with Crippen molar-refractivity contribution in [3.05, 3.63) is 59.4 Å². The maximum absolute atomic E-state index is 13.3. The van der Waals surface area contributed by atoms with Crippen molar-refractivity contribution in [2.24, 2.45) is 0 Å². The van der Waals surface area contributed by atoms with Crippen molar-refractivity contribution in [3.63, 3.8) is 0 Å². The molecule has 2 aromatic carbocycles. The molecule has 0 saturated carbocycles. The van der Waals surface area contributed by atoms with E-state index in [0.717, 1.165) is 31.0 Å². The van der Waals surface area contributed by atoms with Crippen LogP contribution in [0.25, 0.3) is 0 Å². The van der Waals surface area contributed by atoms with Gasteiger partial charge in [-0.3, -0.25) is 4.79 Å². The molecule has 2 aromatic rings. The van der Waals surface area contributed by atoms with Gasteiger partial charge in [0.1, 0.15) is 5.82 Å². The van der Waals surface area contributed by atoms with Crippen LogP contribution in [0.4, 0.5) is 28.9 Å². The average Bonchev–Trinajstić information content (AvgIpc) is 3.08. The molecule has 3 nitrogen and oxygen atoms in total. The Hall–Kier alpha value is -2.57. The van der Waals surface area contributed by atoms with E-state index in [1.165, 1.54) is 24.3 Å². The Morgan fingerprint density at radius 1 is 1.04 bits per heavy atom. The molecular weight excluding hydrogens is 336 g/mol. The first-order valence-corrected chi connectivity index (χ1v) is 7.88.